The molecular weight excluding hydrogens is 192 g/mol. The molecule has 2 unspecified atom stereocenters. The molecule has 1 saturated heterocycles. The van der Waals surface area contributed by atoms with Crippen LogP contribution in [0.15, 0.2) is 0 Å². The quantitative estimate of drug-likeness (QED) is 0.653. The summed E-state index contributed by atoms with van der Waals surface area (Å²) in [5.74, 6) is -0.192. The van der Waals surface area contributed by atoms with Crippen molar-refractivity contribution in [2.45, 2.75) is 33.7 Å². The van der Waals surface area contributed by atoms with E-state index in [1.807, 2.05) is 0 Å². The average molecular weight is 210 g/mol. The van der Waals surface area contributed by atoms with Crippen molar-refractivity contribution in [3.05, 3.63) is 0 Å². The van der Waals surface area contributed by atoms with Gasteiger partial charge >= 0.3 is 6.03 Å². The normalized spacial score (nSPS) is 36.7. The second-order valence-corrected chi connectivity index (χ2v) is 5.77. The van der Waals surface area contributed by atoms with Crippen LogP contribution in [0.5, 0.6) is 0 Å². The molecule has 2 rings (SSSR count). The fourth-order valence-electron chi connectivity index (χ4n) is 3.07. The molecule has 4 nitrogen and oxygen atoms in total. The molecule has 2 fully saturated rings. The van der Waals surface area contributed by atoms with Gasteiger partial charge in [-0.05, 0) is 10.8 Å². The maximum atomic E-state index is 11.8. The summed E-state index contributed by atoms with van der Waals surface area (Å²) in [7, 11) is 1.76. The molecule has 1 aliphatic heterocycles. The zero-order chi connectivity index (χ0) is 11.6. The zero-order valence-electron chi connectivity index (χ0n) is 9.92. The average Bonchev–Trinajstić information content (AvgIpc) is 2.09. The van der Waals surface area contributed by atoms with Crippen LogP contribution in [-0.2, 0) is 4.79 Å². The van der Waals surface area contributed by atoms with Crippen LogP contribution in [0.4, 0.5) is 4.79 Å². The van der Waals surface area contributed by atoms with E-state index in [0.717, 1.165) is 0 Å². The van der Waals surface area contributed by atoms with Crippen molar-refractivity contribution >= 4 is 11.9 Å². The van der Waals surface area contributed by atoms with E-state index in [-0.39, 0.29) is 34.7 Å². The largest absolute Gasteiger partial charge is 0.324 e. The van der Waals surface area contributed by atoms with Gasteiger partial charge in [-0.3, -0.25) is 10.1 Å². The lowest BCUT2D eigenvalue weighted by atomic mass is 9.42. The van der Waals surface area contributed by atoms with Gasteiger partial charge in [0.05, 0.1) is 12.0 Å². The first-order valence-electron chi connectivity index (χ1n) is 5.29. The minimum atomic E-state index is -0.273. The summed E-state index contributed by atoms with van der Waals surface area (Å²) < 4.78 is 0. The highest BCUT2D eigenvalue weighted by Gasteiger charge is 2.68. The van der Waals surface area contributed by atoms with Crippen molar-refractivity contribution in [3.63, 3.8) is 0 Å². The number of hydrogen-bond acceptors (Lipinski definition) is 2. The number of nitrogens with one attached hydrogen (secondary N) is 1. The Balaban J connectivity index is 2.40. The van der Waals surface area contributed by atoms with Crippen LogP contribution in [0.3, 0.4) is 0 Å². The van der Waals surface area contributed by atoms with Gasteiger partial charge in [0.25, 0.3) is 0 Å². The highest BCUT2D eigenvalue weighted by Crippen LogP contribution is 2.62. The second kappa shape index (κ2) is 2.54. The molecule has 0 spiro atoms. The van der Waals surface area contributed by atoms with E-state index >= 15 is 0 Å². The van der Waals surface area contributed by atoms with Crippen molar-refractivity contribution in [2.24, 2.45) is 16.7 Å². The Labute approximate surface area is 90.0 Å². The van der Waals surface area contributed by atoms with Crippen LogP contribution in [-0.4, -0.2) is 29.9 Å². The minimum Gasteiger partial charge on any atom is -0.323 e. The van der Waals surface area contributed by atoms with E-state index in [4.69, 9.17) is 0 Å². The summed E-state index contributed by atoms with van der Waals surface area (Å²) in [5.41, 5.74) is -0.0729. The molecule has 1 saturated carbocycles. The van der Waals surface area contributed by atoms with Crippen molar-refractivity contribution in [2.75, 3.05) is 7.05 Å². The predicted octanol–water partition coefficient (Wildman–Crippen LogP) is 1.22. The summed E-state index contributed by atoms with van der Waals surface area (Å²) >= 11 is 0. The number of amides is 3. The first kappa shape index (κ1) is 10.5. The summed E-state index contributed by atoms with van der Waals surface area (Å²) in [5, 5.41) is 2.40. The molecule has 0 bridgehead atoms. The third-order valence-corrected chi connectivity index (χ3v) is 4.74. The summed E-state index contributed by atoms with van der Waals surface area (Å²) in [6.45, 7) is 8.43. The Morgan fingerprint density at radius 2 is 1.67 bits per heavy atom. The summed E-state index contributed by atoms with van der Waals surface area (Å²) in [4.78, 5) is 24.9. The standard InChI is InChI=1S/C11H18N2O2/c1-10(2)6-7(11(10,3)4)13(5)9(15)12-8(6)14/h6-7H,1-5H3,(H,12,14,15). The molecule has 15 heavy (non-hydrogen) atoms. The maximum Gasteiger partial charge on any atom is 0.324 e. The van der Waals surface area contributed by atoms with Gasteiger partial charge in [0, 0.05) is 7.05 Å². The van der Waals surface area contributed by atoms with E-state index in [9.17, 15) is 9.59 Å². The van der Waals surface area contributed by atoms with Crippen molar-refractivity contribution in [1.82, 2.24) is 10.2 Å². The van der Waals surface area contributed by atoms with Crippen molar-refractivity contribution < 1.29 is 9.59 Å². The first-order valence-corrected chi connectivity index (χ1v) is 5.29. The van der Waals surface area contributed by atoms with Crippen LogP contribution < -0.4 is 5.32 Å². The number of rotatable bonds is 0. The lowest BCUT2D eigenvalue weighted by Gasteiger charge is -2.67. The van der Waals surface area contributed by atoms with Crippen LogP contribution in [0.1, 0.15) is 27.7 Å². The first-order chi connectivity index (χ1) is 6.71. The number of nitrogens with zero attached hydrogens (tertiary/aromatic N) is 1. The van der Waals surface area contributed by atoms with Gasteiger partial charge in [-0.2, -0.15) is 0 Å². The molecule has 2 aliphatic rings. The van der Waals surface area contributed by atoms with Gasteiger partial charge in [-0.25, -0.2) is 4.79 Å². The second-order valence-electron chi connectivity index (χ2n) is 5.77. The van der Waals surface area contributed by atoms with Gasteiger partial charge in [0.1, 0.15) is 0 Å². The summed E-state index contributed by atoms with van der Waals surface area (Å²) in [6, 6.07) is -0.237. The number of urea groups is 1. The molecular formula is C11H18N2O2. The number of imide groups is 1. The molecule has 84 valence electrons. The number of carbonyl (C=O) groups excluding carboxylic acids is 2. The monoisotopic (exact) mass is 210 g/mol. The van der Waals surface area contributed by atoms with E-state index in [1.165, 1.54) is 0 Å². The molecule has 1 heterocycles. The molecule has 0 radical (unpaired) electrons. The van der Waals surface area contributed by atoms with Crippen LogP contribution in [0.25, 0.3) is 0 Å². The summed E-state index contributed by atoms with van der Waals surface area (Å²) in [6.07, 6.45) is 0. The van der Waals surface area contributed by atoms with E-state index in [1.54, 1.807) is 11.9 Å². The SMILES string of the molecule is CN1C(=O)NC(=O)C2C1C(C)(C)C2(C)C. The smallest absolute Gasteiger partial charge is 0.323 e. The lowest BCUT2D eigenvalue weighted by molar-refractivity contribution is -0.187. The fraction of sp³-hybridized carbons (Fsp3) is 0.818. The lowest BCUT2D eigenvalue weighted by Crippen LogP contribution is -2.77. The molecule has 1 aliphatic carbocycles. The zero-order valence-corrected chi connectivity index (χ0v) is 9.92. The van der Waals surface area contributed by atoms with E-state index in [0.29, 0.717) is 0 Å². The van der Waals surface area contributed by atoms with Crippen LogP contribution in [0.2, 0.25) is 0 Å². The maximum absolute atomic E-state index is 11.8. The molecule has 3 amide bonds. The molecule has 2 atom stereocenters. The van der Waals surface area contributed by atoms with E-state index < -0.39 is 0 Å². The Kier molecular flexibility index (Phi) is 1.77. The Bertz CT molecular complexity index is 346. The molecule has 0 aromatic rings. The third-order valence-electron chi connectivity index (χ3n) is 4.74. The Morgan fingerprint density at radius 1 is 1.13 bits per heavy atom. The Hall–Kier alpha value is -1.06. The predicted molar refractivity (Wildman–Crippen MR) is 56.1 cm³/mol. The highest BCUT2D eigenvalue weighted by atomic mass is 16.2. The van der Waals surface area contributed by atoms with Crippen molar-refractivity contribution in [3.8, 4) is 0 Å². The van der Waals surface area contributed by atoms with Crippen LogP contribution >= 0.6 is 0 Å². The van der Waals surface area contributed by atoms with Crippen molar-refractivity contribution in [1.29, 1.82) is 0 Å². The Morgan fingerprint density at radius 3 is 2.20 bits per heavy atom. The van der Waals surface area contributed by atoms with Crippen LogP contribution in [0, 0.1) is 16.7 Å². The minimum absolute atomic E-state index is 0.0141. The number of fused-ring (bicyclic) bond motifs is 1. The van der Waals surface area contributed by atoms with Gasteiger partial charge in [-0.1, -0.05) is 27.7 Å². The molecule has 0 aromatic heterocycles. The van der Waals surface area contributed by atoms with E-state index in [2.05, 4.69) is 33.0 Å². The van der Waals surface area contributed by atoms with Gasteiger partial charge in [0.15, 0.2) is 0 Å². The van der Waals surface area contributed by atoms with Gasteiger partial charge < -0.3 is 4.90 Å². The molecule has 0 aromatic carbocycles. The fourth-order valence-corrected chi connectivity index (χ4v) is 3.07. The topological polar surface area (TPSA) is 49.4 Å². The van der Waals surface area contributed by atoms with Gasteiger partial charge in [-0.15, -0.1) is 0 Å². The third kappa shape index (κ3) is 0.971. The number of carbonyl (C=O) groups is 2. The number of hydrogen-bond donors (Lipinski definition) is 1. The molecule has 4 heteroatoms. The molecule has 1 N–H and O–H groups in total. The highest BCUT2D eigenvalue weighted by molar-refractivity contribution is 6.00. The van der Waals surface area contributed by atoms with Gasteiger partial charge in [0.2, 0.25) is 5.91 Å².